The van der Waals surface area contributed by atoms with Gasteiger partial charge in [-0.3, -0.25) is 9.78 Å². The Kier molecular flexibility index (Phi) is 6.56. The number of rotatable bonds is 8. The Labute approximate surface area is 137 Å². The van der Waals surface area contributed by atoms with Crippen LogP contribution in [0, 0.1) is 0 Å². The van der Waals surface area contributed by atoms with Gasteiger partial charge in [-0.2, -0.15) is 0 Å². The van der Waals surface area contributed by atoms with E-state index in [-0.39, 0.29) is 11.9 Å². The van der Waals surface area contributed by atoms with Gasteiger partial charge in [-0.25, -0.2) is 0 Å². The molecule has 5 nitrogen and oxygen atoms in total. The summed E-state index contributed by atoms with van der Waals surface area (Å²) < 4.78 is 0. The smallest absolute Gasteiger partial charge is 0.239 e. The van der Waals surface area contributed by atoms with Crippen LogP contribution in [0.3, 0.4) is 0 Å². The number of anilines is 1. The number of carbonyl (C=O) groups excluding carboxylic acids is 1. The Hall–Kier alpha value is -2.40. The molecule has 2 rings (SSSR count). The van der Waals surface area contributed by atoms with E-state index in [1.165, 1.54) is 0 Å². The molecule has 0 aliphatic rings. The van der Waals surface area contributed by atoms with Crippen LogP contribution in [0.25, 0.3) is 0 Å². The number of hydrogen-bond donors (Lipinski definition) is 2. The minimum absolute atomic E-state index is 0.00149. The van der Waals surface area contributed by atoms with Gasteiger partial charge in [0.05, 0.1) is 6.54 Å². The monoisotopic (exact) mass is 312 g/mol. The van der Waals surface area contributed by atoms with Crippen LogP contribution in [-0.4, -0.2) is 30.0 Å². The third-order valence-electron chi connectivity index (χ3n) is 3.47. The summed E-state index contributed by atoms with van der Waals surface area (Å²) in [5, 5.41) is 2.92. The molecule has 0 bridgehead atoms. The predicted octanol–water partition coefficient (Wildman–Crippen LogP) is 1.94. The molecule has 1 unspecified atom stereocenters. The number of amides is 1. The fourth-order valence-corrected chi connectivity index (χ4v) is 2.26. The van der Waals surface area contributed by atoms with Crippen LogP contribution < -0.4 is 16.0 Å². The van der Waals surface area contributed by atoms with Crippen LogP contribution in [0.1, 0.15) is 18.9 Å². The highest BCUT2D eigenvalue weighted by Crippen LogP contribution is 2.16. The van der Waals surface area contributed by atoms with Crippen molar-refractivity contribution in [2.45, 2.75) is 25.9 Å². The minimum atomic E-state index is -0.00149. The maximum Gasteiger partial charge on any atom is 0.239 e. The second-order valence-electron chi connectivity index (χ2n) is 5.67. The number of para-hydroxylation sites is 1. The van der Waals surface area contributed by atoms with E-state index in [9.17, 15) is 4.79 Å². The predicted molar refractivity (Wildman–Crippen MR) is 93.0 cm³/mol. The lowest BCUT2D eigenvalue weighted by Crippen LogP contribution is -2.38. The molecule has 0 aliphatic heterocycles. The summed E-state index contributed by atoms with van der Waals surface area (Å²) in [6.07, 6.45) is 4.35. The van der Waals surface area contributed by atoms with Gasteiger partial charge in [0.1, 0.15) is 0 Å². The van der Waals surface area contributed by atoms with Crippen molar-refractivity contribution < 1.29 is 4.79 Å². The van der Waals surface area contributed by atoms with E-state index in [4.69, 9.17) is 5.73 Å². The Morgan fingerprint density at radius 3 is 2.70 bits per heavy atom. The van der Waals surface area contributed by atoms with Gasteiger partial charge in [-0.05, 0) is 37.1 Å². The molecule has 122 valence electrons. The first-order chi connectivity index (χ1) is 11.1. The summed E-state index contributed by atoms with van der Waals surface area (Å²) in [5.41, 5.74) is 7.79. The highest BCUT2D eigenvalue weighted by atomic mass is 16.2. The van der Waals surface area contributed by atoms with Crippen molar-refractivity contribution in [3.63, 3.8) is 0 Å². The van der Waals surface area contributed by atoms with Crippen molar-refractivity contribution in [2.24, 2.45) is 5.73 Å². The Morgan fingerprint density at radius 2 is 2.04 bits per heavy atom. The fraction of sp³-hybridized carbons (Fsp3) is 0.333. The number of nitrogens with one attached hydrogen (secondary N) is 1. The van der Waals surface area contributed by atoms with Gasteiger partial charge in [0.25, 0.3) is 0 Å². The molecule has 2 aromatic rings. The molecule has 0 fully saturated rings. The van der Waals surface area contributed by atoms with Crippen LogP contribution in [-0.2, 0) is 11.3 Å². The fourth-order valence-electron chi connectivity index (χ4n) is 2.26. The normalized spacial score (nSPS) is 11.7. The van der Waals surface area contributed by atoms with Gasteiger partial charge in [-0.1, -0.05) is 24.3 Å². The van der Waals surface area contributed by atoms with Gasteiger partial charge in [-0.15, -0.1) is 0 Å². The molecule has 1 amide bonds. The quantitative estimate of drug-likeness (QED) is 0.781. The molecule has 3 N–H and O–H groups in total. The van der Waals surface area contributed by atoms with Gasteiger partial charge < -0.3 is 16.0 Å². The van der Waals surface area contributed by atoms with E-state index in [2.05, 4.69) is 10.3 Å². The topological polar surface area (TPSA) is 71.2 Å². The third-order valence-corrected chi connectivity index (χ3v) is 3.47. The Bertz CT molecular complexity index is 586. The van der Waals surface area contributed by atoms with Crippen LogP contribution in [0.2, 0.25) is 0 Å². The second kappa shape index (κ2) is 8.90. The van der Waals surface area contributed by atoms with E-state index >= 15 is 0 Å². The van der Waals surface area contributed by atoms with Gasteiger partial charge in [0, 0.05) is 37.2 Å². The molecule has 1 atom stereocenters. The summed E-state index contributed by atoms with van der Waals surface area (Å²) in [6.45, 7) is 3.48. The molecule has 1 heterocycles. The number of hydrogen-bond acceptors (Lipinski definition) is 4. The lowest BCUT2D eigenvalue weighted by atomic mass is 10.2. The zero-order valence-corrected chi connectivity index (χ0v) is 13.5. The first-order valence-electron chi connectivity index (χ1n) is 7.86. The molecule has 0 saturated heterocycles. The maximum absolute atomic E-state index is 12.2. The Morgan fingerprint density at radius 1 is 1.26 bits per heavy atom. The van der Waals surface area contributed by atoms with Gasteiger partial charge >= 0.3 is 0 Å². The van der Waals surface area contributed by atoms with E-state index in [0.717, 1.165) is 17.7 Å². The molecule has 0 spiro atoms. The van der Waals surface area contributed by atoms with E-state index in [1.54, 1.807) is 6.20 Å². The van der Waals surface area contributed by atoms with Crippen molar-refractivity contribution in [2.75, 3.05) is 18.0 Å². The average molecular weight is 312 g/mol. The highest BCUT2D eigenvalue weighted by molar-refractivity contribution is 5.81. The molecule has 0 radical (unpaired) electrons. The zero-order valence-electron chi connectivity index (χ0n) is 13.5. The summed E-state index contributed by atoms with van der Waals surface area (Å²) in [5.74, 6) is -0.00149. The standard InChI is InChI=1S/C18H24N4O/c1-15(19)9-11-21-18(23)14-22(17-7-3-2-4-8-17)13-16-6-5-10-20-12-16/h2-8,10,12,15H,9,11,13-14,19H2,1H3,(H,21,23). The van der Waals surface area contributed by atoms with Crippen molar-refractivity contribution in [3.8, 4) is 0 Å². The van der Waals surface area contributed by atoms with E-state index < -0.39 is 0 Å². The second-order valence-corrected chi connectivity index (χ2v) is 5.67. The molecular formula is C18H24N4O. The van der Waals surface area contributed by atoms with Crippen molar-refractivity contribution in [3.05, 3.63) is 60.4 Å². The summed E-state index contributed by atoms with van der Waals surface area (Å²) in [6, 6.07) is 13.9. The molecular weight excluding hydrogens is 288 g/mol. The first kappa shape index (κ1) is 17.0. The minimum Gasteiger partial charge on any atom is -0.358 e. The lowest BCUT2D eigenvalue weighted by molar-refractivity contribution is -0.119. The van der Waals surface area contributed by atoms with Crippen molar-refractivity contribution in [1.82, 2.24) is 10.3 Å². The van der Waals surface area contributed by atoms with E-state index in [0.29, 0.717) is 19.6 Å². The number of carbonyl (C=O) groups is 1. The number of nitrogens with two attached hydrogens (primary N) is 1. The SMILES string of the molecule is CC(N)CCNC(=O)CN(Cc1cccnc1)c1ccccc1. The number of aromatic nitrogens is 1. The average Bonchev–Trinajstić information content (AvgIpc) is 2.56. The molecule has 0 saturated carbocycles. The molecule has 1 aromatic carbocycles. The van der Waals surface area contributed by atoms with Crippen molar-refractivity contribution in [1.29, 1.82) is 0 Å². The largest absolute Gasteiger partial charge is 0.358 e. The van der Waals surface area contributed by atoms with Crippen LogP contribution in [0.5, 0.6) is 0 Å². The summed E-state index contributed by atoms with van der Waals surface area (Å²) in [7, 11) is 0. The van der Waals surface area contributed by atoms with Gasteiger partial charge in [0.2, 0.25) is 5.91 Å². The summed E-state index contributed by atoms with van der Waals surface area (Å²) in [4.78, 5) is 18.4. The number of pyridine rings is 1. The number of benzene rings is 1. The molecule has 23 heavy (non-hydrogen) atoms. The maximum atomic E-state index is 12.2. The number of nitrogens with zero attached hydrogens (tertiary/aromatic N) is 2. The molecule has 1 aromatic heterocycles. The van der Waals surface area contributed by atoms with Gasteiger partial charge in [0.15, 0.2) is 0 Å². The van der Waals surface area contributed by atoms with Crippen LogP contribution in [0.15, 0.2) is 54.9 Å². The molecule has 0 aliphatic carbocycles. The zero-order chi connectivity index (χ0) is 16.5. The van der Waals surface area contributed by atoms with Crippen molar-refractivity contribution >= 4 is 11.6 Å². The van der Waals surface area contributed by atoms with Crippen LogP contribution >= 0.6 is 0 Å². The lowest BCUT2D eigenvalue weighted by Gasteiger charge is -2.24. The highest BCUT2D eigenvalue weighted by Gasteiger charge is 2.12. The van der Waals surface area contributed by atoms with E-state index in [1.807, 2.05) is 60.5 Å². The Balaban J connectivity index is 2.01. The third kappa shape index (κ3) is 6.08. The van der Waals surface area contributed by atoms with Crippen LogP contribution in [0.4, 0.5) is 5.69 Å². The summed E-state index contributed by atoms with van der Waals surface area (Å²) >= 11 is 0. The first-order valence-corrected chi connectivity index (χ1v) is 7.86. The molecule has 5 heteroatoms.